The highest BCUT2D eigenvalue weighted by atomic mass is 19.4. The molecule has 0 saturated carbocycles. The summed E-state index contributed by atoms with van der Waals surface area (Å²) in [6, 6.07) is 2.78. The zero-order valence-electron chi connectivity index (χ0n) is 16.6. The summed E-state index contributed by atoms with van der Waals surface area (Å²) in [5.41, 5.74) is -0.326. The Morgan fingerprint density at radius 3 is 2.54 bits per heavy atom. The van der Waals surface area contributed by atoms with Gasteiger partial charge in [0.15, 0.2) is 11.3 Å². The average molecular weight is 401 g/mol. The van der Waals surface area contributed by atoms with Crippen molar-refractivity contribution >= 4 is 17.0 Å². The lowest BCUT2D eigenvalue weighted by atomic mass is 10.0. The molecule has 0 atom stereocenters. The maximum Gasteiger partial charge on any atom is 0.437 e. The van der Waals surface area contributed by atoms with Crippen molar-refractivity contribution in [3.05, 3.63) is 23.4 Å². The topological polar surface area (TPSA) is 58.8 Å². The summed E-state index contributed by atoms with van der Waals surface area (Å²) in [6.45, 7) is 5.28. The highest BCUT2D eigenvalue weighted by Gasteiger charge is 2.37. The fourth-order valence-electron chi connectivity index (χ4n) is 2.87. The lowest BCUT2D eigenvalue weighted by Crippen LogP contribution is -2.39. The molecule has 2 aromatic rings. The number of amides is 2. The number of halogens is 3. The largest absolute Gasteiger partial charge is 0.493 e. The fourth-order valence-corrected chi connectivity index (χ4v) is 2.87. The van der Waals surface area contributed by atoms with Crippen LogP contribution in [0.3, 0.4) is 0 Å². The second kappa shape index (κ2) is 9.16. The zero-order chi connectivity index (χ0) is 20.9. The number of alkyl halides is 3. The molecular formula is C19H26F3N3O3. The van der Waals surface area contributed by atoms with E-state index < -0.39 is 11.9 Å². The minimum Gasteiger partial charge on any atom is -0.493 e. The number of hydrogen-bond donors (Lipinski definition) is 0. The monoisotopic (exact) mass is 401 g/mol. The van der Waals surface area contributed by atoms with E-state index in [1.165, 1.54) is 12.1 Å². The van der Waals surface area contributed by atoms with Gasteiger partial charge in [-0.3, -0.25) is 0 Å². The van der Waals surface area contributed by atoms with Crippen LogP contribution in [-0.2, 0) is 12.6 Å². The number of urea groups is 1. The molecule has 0 N–H and O–H groups in total. The maximum absolute atomic E-state index is 13.1. The van der Waals surface area contributed by atoms with Crippen LogP contribution < -0.4 is 4.74 Å². The van der Waals surface area contributed by atoms with Gasteiger partial charge in [-0.25, -0.2) is 4.79 Å². The van der Waals surface area contributed by atoms with E-state index in [0.717, 1.165) is 6.42 Å². The predicted molar refractivity (Wildman–Crippen MR) is 99.4 cm³/mol. The van der Waals surface area contributed by atoms with E-state index in [1.54, 1.807) is 23.9 Å². The molecule has 0 fully saturated rings. The third-order valence-electron chi connectivity index (χ3n) is 4.49. The van der Waals surface area contributed by atoms with Gasteiger partial charge in [0, 0.05) is 32.7 Å². The van der Waals surface area contributed by atoms with E-state index in [4.69, 9.17) is 9.26 Å². The van der Waals surface area contributed by atoms with Crippen LogP contribution >= 0.6 is 0 Å². The molecule has 6 nitrogen and oxygen atoms in total. The van der Waals surface area contributed by atoms with Gasteiger partial charge in [0.2, 0.25) is 0 Å². The number of benzene rings is 1. The normalized spacial score (nSPS) is 11.7. The first kappa shape index (κ1) is 21.8. The molecule has 1 aromatic heterocycles. The minimum atomic E-state index is -4.57. The van der Waals surface area contributed by atoms with Crippen molar-refractivity contribution in [3.63, 3.8) is 0 Å². The van der Waals surface area contributed by atoms with Crippen molar-refractivity contribution in [2.24, 2.45) is 0 Å². The summed E-state index contributed by atoms with van der Waals surface area (Å²) in [6.07, 6.45) is -2.75. The van der Waals surface area contributed by atoms with E-state index in [9.17, 15) is 18.0 Å². The van der Waals surface area contributed by atoms with Crippen molar-refractivity contribution < 1.29 is 27.2 Å². The van der Waals surface area contributed by atoms with Gasteiger partial charge in [-0.15, -0.1) is 0 Å². The molecule has 28 heavy (non-hydrogen) atoms. The lowest BCUT2D eigenvalue weighted by molar-refractivity contribution is -0.141. The highest BCUT2D eigenvalue weighted by Crippen LogP contribution is 2.38. The fraction of sp³-hybridized carbons (Fsp3) is 0.579. The van der Waals surface area contributed by atoms with Gasteiger partial charge in [-0.1, -0.05) is 18.5 Å². The van der Waals surface area contributed by atoms with Crippen LogP contribution in [0.5, 0.6) is 5.75 Å². The highest BCUT2D eigenvalue weighted by molar-refractivity contribution is 5.85. The summed E-state index contributed by atoms with van der Waals surface area (Å²) < 4.78 is 50.0. The van der Waals surface area contributed by atoms with Crippen LogP contribution in [0.4, 0.5) is 18.0 Å². The SMILES string of the molecule is CCCc1c(OCCCN(C)C(=O)N(C)CC)ccc2c(C(F)(F)F)noc12. The van der Waals surface area contributed by atoms with Gasteiger partial charge in [-0.2, -0.15) is 13.2 Å². The second-order valence-electron chi connectivity index (χ2n) is 6.62. The Labute approximate surface area is 162 Å². The average Bonchev–Trinajstić information content (AvgIpc) is 3.10. The summed E-state index contributed by atoms with van der Waals surface area (Å²) in [4.78, 5) is 15.2. The van der Waals surface area contributed by atoms with E-state index in [0.29, 0.717) is 43.9 Å². The number of aromatic nitrogens is 1. The minimum absolute atomic E-state index is 0.0590. The second-order valence-corrected chi connectivity index (χ2v) is 6.62. The summed E-state index contributed by atoms with van der Waals surface area (Å²) in [5.74, 6) is 0.485. The number of aryl methyl sites for hydroxylation is 1. The van der Waals surface area contributed by atoms with Crippen LogP contribution in [-0.4, -0.2) is 54.8 Å². The molecule has 1 aromatic carbocycles. The smallest absolute Gasteiger partial charge is 0.437 e. The van der Waals surface area contributed by atoms with Crippen LogP contribution in [0.2, 0.25) is 0 Å². The van der Waals surface area contributed by atoms with Crippen molar-refractivity contribution in [2.45, 2.75) is 39.3 Å². The number of hydrogen-bond acceptors (Lipinski definition) is 4. The van der Waals surface area contributed by atoms with Crippen molar-refractivity contribution in [1.82, 2.24) is 15.0 Å². The molecule has 0 radical (unpaired) electrons. The Balaban J connectivity index is 2.08. The summed E-state index contributed by atoms with van der Waals surface area (Å²) >= 11 is 0. The molecule has 0 aliphatic heterocycles. The molecule has 0 spiro atoms. The van der Waals surface area contributed by atoms with Gasteiger partial charge in [0.05, 0.1) is 12.0 Å². The van der Waals surface area contributed by atoms with Crippen molar-refractivity contribution in [1.29, 1.82) is 0 Å². The first-order valence-corrected chi connectivity index (χ1v) is 9.28. The molecule has 0 saturated heterocycles. The standard InChI is InChI=1S/C19H26F3N3O3/c1-5-8-13-15(27-12-7-11-25(4)18(26)24(3)6-2)10-9-14-16(13)28-23-17(14)19(20,21)22/h9-10H,5-8,11-12H2,1-4H3. The van der Waals surface area contributed by atoms with Crippen molar-refractivity contribution in [2.75, 3.05) is 33.8 Å². The molecule has 0 aliphatic carbocycles. The molecule has 0 bridgehead atoms. The van der Waals surface area contributed by atoms with Crippen LogP contribution in [0.25, 0.3) is 11.0 Å². The summed E-state index contributed by atoms with van der Waals surface area (Å²) in [7, 11) is 3.45. The third kappa shape index (κ3) is 4.88. The van der Waals surface area contributed by atoms with Crippen LogP contribution in [0.15, 0.2) is 16.7 Å². The van der Waals surface area contributed by atoms with Gasteiger partial charge in [0.1, 0.15) is 5.75 Å². The first-order valence-electron chi connectivity index (χ1n) is 9.28. The van der Waals surface area contributed by atoms with Crippen LogP contribution in [0, 0.1) is 0 Å². The van der Waals surface area contributed by atoms with E-state index in [1.807, 2.05) is 13.8 Å². The molecule has 1 heterocycles. The number of carbonyl (C=O) groups is 1. The molecule has 156 valence electrons. The summed E-state index contributed by atoms with van der Waals surface area (Å²) in [5, 5.41) is 3.15. The lowest BCUT2D eigenvalue weighted by Gasteiger charge is -2.23. The number of nitrogens with zero attached hydrogens (tertiary/aromatic N) is 3. The van der Waals surface area contributed by atoms with Gasteiger partial charge in [-0.05, 0) is 31.9 Å². The molecule has 2 amide bonds. The molecular weight excluding hydrogens is 375 g/mol. The number of ether oxygens (including phenoxy) is 1. The maximum atomic E-state index is 13.1. The number of rotatable bonds is 8. The van der Waals surface area contributed by atoms with E-state index in [-0.39, 0.29) is 17.0 Å². The van der Waals surface area contributed by atoms with Gasteiger partial charge < -0.3 is 19.1 Å². The molecule has 2 rings (SSSR count). The van der Waals surface area contributed by atoms with Crippen molar-refractivity contribution in [3.8, 4) is 5.75 Å². The molecule has 9 heteroatoms. The Hall–Kier alpha value is -2.45. The van der Waals surface area contributed by atoms with Crippen LogP contribution in [0.1, 0.15) is 37.9 Å². The van der Waals surface area contributed by atoms with E-state index in [2.05, 4.69) is 5.16 Å². The zero-order valence-corrected chi connectivity index (χ0v) is 16.6. The third-order valence-corrected chi connectivity index (χ3v) is 4.49. The Kier molecular flexibility index (Phi) is 7.15. The molecule has 0 unspecified atom stereocenters. The Bertz CT molecular complexity index is 805. The number of carbonyl (C=O) groups excluding carboxylic acids is 1. The quantitative estimate of drug-likeness (QED) is 0.608. The Morgan fingerprint density at radius 1 is 1.21 bits per heavy atom. The Morgan fingerprint density at radius 2 is 1.93 bits per heavy atom. The number of fused-ring (bicyclic) bond motifs is 1. The van der Waals surface area contributed by atoms with E-state index >= 15 is 0 Å². The van der Waals surface area contributed by atoms with Gasteiger partial charge >= 0.3 is 12.2 Å². The molecule has 0 aliphatic rings. The first-order chi connectivity index (χ1) is 13.2. The predicted octanol–water partition coefficient (Wildman–Crippen LogP) is 4.57. The van der Waals surface area contributed by atoms with Gasteiger partial charge in [0.25, 0.3) is 0 Å².